The molecule has 0 spiro atoms. The predicted molar refractivity (Wildman–Crippen MR) is 61.1 cm³/mol. The van der Waals surface area contributed by atoms with Gasteiger partial charge in [-0.25, -0.2) is 0 Å². The average Bonchev–Trinajstić information content (AvgIpc) is 2.52. The third-order valence-corrected chi connectivity index (χ3v) is 3.10. The zero-order chi connectivity index (χ0) is 10.6. The molecule has 2 nitrogen and oxygen atoms in total. The van der Waals surface area contributed by atoms with Gasteiger partial charge in [-0.2, -0.15) is 0 Å². The van der Waals surface area contributed by atoms with Gasteiger partial charge in [-0.1, -0.05) is 6.92 Å². The Balaban J connectivity index is 2.50. The Bertz CT molecular complexity index is 306. The topological polar surface area (TPSA) is 29.1 Å². The third kappa shape index (κ3) is 3.24. The van der Waals surface area contributed by atoms with Crippen LogP contribution < -0.4 is 5.32 Å². The van der Waals surface area contributed by atoms with Gasteiger partial charge < -0.3 is 5.32 Å². The first kappa shape index (κ1) is 11.4. The highest BCUT2D eigenvalue weighted by atomic mass is 32.1. The molecule has 0 aliphatic heterocycles. The Morgan fingerprint density at radius 2 is 2.29 bits per heavy atom. The van der Waals surface area contributed by atoms with Crippen LogP contribution in [0, 0.1) is 6.92 Å². The van der Waals surface area contributed by atoms with Crippen molar-refractivity contribution in [3.63, 3.8) is 0 Å². The first-order chi connectivity index (χ1) is 6.63. The Hall–Kier alpha value is -0.670. The molecule has 14 heavy (non-hydrogen) atoms. The number of rotatable bonds is 5. The molecule has 1 rings (SSSR count). The summed E-state index contributed by atoms with van der Waals surface area (Å²) in [4.78, 5) is 13.8. The van der Waals surface area contributed by atoms with E-state index in [-0.39, 0.29) is 11.8 Å². The Morgan fingerprint density at radius 3 is 2.79 bits per heavy atom. The first-order valence-corrected chi connectivity index (χ1v) is 5.78. The molecule has 0 aliphatic carbocycles. The lowest BCUT2D eigenvalue weighted by molar-refractivity contribution is 0.0976. The molecule has 1 aromatic rings. The van der Waals surface area contributed by atoms with Crippen molar-refractivity contribution < 1.29 is 4.79 Å². The fourth-order valence-electron chi connectivity index (χ4n) is 1.38. The van der Waals surface area contributed by atoms with Crippen molar-refractivity contribution in [2.45, 2.75) is 33.2 Å². The van der Waals surface area contributed by atoms with E-state index >= 15 is 0 Å². The van der Waals surface area contributed by atoms with Crippen LogP contribution in [0.2, 0.25) is 0 Å². The van der Waals surface area contributed by atoms with Crippen molar-refractivity contribution in [2.24, 2.45) is 0 Å². The van der Waals surface area contributed by atoms with E-state index in [0.29, 0.717) is 6.42 Å². The smallest absolute Gasteiger partial charge is 0.174 e. The summed E-state index contributed by atoms with van der Waals surface area (Å²) in [5, 5.41) is 3.24. The number of hydrogen-bond donors (Lipinski definition) is 1. The van der Waals surface area contributed by atoms with Crippen molar-refractivity contribution in [3.8, 4) is 0 Å². The largest absolute Gasteiger partial charge is 0.314 e. The zero-order valence-corrected chi connectivity index (χ0v) is 9.78. The minimum Gasteiger partial charge on any atom is -0.314 e. The maximum absolute atomic E-state index is 11.7. The van der Waals surface area contributed by atoms with E-state index in [9.17, 15) is 4.79 Å². The highest BCUT2D eigenvalue weighted by Gasteiger charge is 2.11. The zero-order valence-electron chi connectivity index (χ0n) is 8.96. The van der Waals surface area contributed by atoms with Crippen LogP contribution in [0.4, 0.5) is 0 Å². The van der Waals surface area contributed by atoms with Gasteiger partial charge in [-0.05, 0) is 32.5 Å². The maximum atomic E-state index is 11.7. The van der Waals surface area contributed by atoms with Crippen LogP contribution in [0.1, 0.15) is 34.8 Å². The number of hydrogen-bond acceptors (Lipinski definition) is 3. The van der Waals surface area contributed by atoms with E-state index < -0.39 is 0 Å². The number of aryl methyl sites for hydroxylation is 1. The Kier molecular flexibility index (Phi) is 4.29. The van der Waals surface area contributed by atoms with Gasteiger partial charge in [0.05, 0.1) is 4.88 Å². The van der Waals surface area contributed by atoms with Crippen molar-refractivity contribution in [1.29, 1.82) is 0 Å². The van der Waals surface area contributed by atoms with Gasteiger partial charge in [0.25, 0.3) is 0 Å². The number of carbonyl (C=O) groups is 1. The normalized spacial score (nSPS) is 12.8. The van der Waals surface area contributed by atoms with E-state index in [1.807, 2.05) is 26.0 Å². The van der Waals surface area contributed by atoms with Crippen LogP contribution in [0.15, 0.2) is 12.1 Å². The van der Waals surface area contributed by atoms with Crippen LogP contribution in [0.5, 0.6) is 0 Å². The van der Waals surface area contributed by atoms with Gasteiger partial charge in [-0.15, -0.1) is 11.3 Å². The molecule has 0 saturated heterocycles. The minimum atomic E-state index is 0.247. The van der Waals surface area contributed by atoms with Gasteiger partial charge in [0, 0.05) is 17.3 Å². The molecule has 1 atom stereocenters. The molecular weight excluding hydrogens is 194 g/mol. The van der Waals surface area contributed by atoms with E-state index in [1.165, 1.54) is 4.88 Å². The minimum absolute atomic E-state index is 0.247. The Labute approximate surface area is 89.3 Å². The molecule has 0 radical (unpaired) electrons. The number of thiophene rings is 1. The maximum Gasteiger partial charge on any atom is 0.174 e. The van der Waals surface area contributed by atoms with Crippen molar-refractivity contribution >= 4 is 17.1 Å². The van der Waals surface area contributed by atoms with Crippen molar-refractivity contribution in [3.05, 3.63) is 21.9 Å². The molecule has 0 fully saturated rings. The molecule has 1 heterocycles. The molecule has 0 aromatic carbocycles. The van der Waals surface area contributed by atoms with Gasteiger partial charge in [-0.3, -0.25) is 4.79 Å². The van der Waals surface area contributed by atoms with Gasteiger partial charge in [0.15, 0.2) is 5.78 Å². The third-order valence-electron chi connectivity index (χ3n) is 2.06. The summed E-state index contributed by atoms with van der Waals surface area (Å²) in [6, 6.07) is 4.19. The van der Waals surface area contributed by atoms with E-state index in [0.717, 1.165) is 11.4 Å². The first-order valence-electron chi connectivity index (χ1n) is 4.96. The molecule has 0 saturated carbocycles. The molecule has 1 N–H and O–H groups in total. The molecule has 1 unspecified atom stereocenters. The highest BCUT2D eigenvalue weighted by Crippen LogP contribution is 2.17. The van der Waals surface area contributed by atoms with Crippen molar-refractivity contribution in [2.75, 3.05) is 6.54 Å². The number of carbonyl (C=O) groups excluding carboxylic acids is 1. The van der Waals surface area contributed by atoms with Gasteiger partial charge >= 0.3 is 0 Å². The summed E-state index contributed by atoms with van der Waals surface area (Å²) in [6.07, 6.45) is 0.591. The standard InChI is InChI=1S/C11H17NOS/c1-4-12-8(2)7-10(13)11-6-5-9(3)14-11/h5-6,8,12H,4,7H2,1-3H3. The number of nitrogens with one attached hydrogen (secondary N) is 1. The number of Topliss-reactive ketones (excluding diaryl/α,β-unsaturated/α-hetero) is 1. The molecule has 1 aromatic heterocycles. The fraction of sp³-hybridized carbons (Fsp3) is 0.545. The van der Waals surface area contributed by atoms with Crippen LogP contribution >= 0.6 is 11.3 Å². The quantitative estimate of drug-likeness (QED) is 0.759. The van der Waals surface area contributed by atoms with Crippen LogP contribution in [-0.2, 0) is 0 Å². The average molecular weight is 211 g/mol. The second-order valence-electron chi connectivity index (χ2n) is 3.50. The van der Waals surface area contributed by atoms with Crippen LogP contribution in [0.25, 0.3) is 0 Å². The second kappa shape index (κ2) is 5.27. The summed E-state index contributed by atoms with van der Waals surface area (Å²) in [5.41, 5.74) is 0. The predicted octanol–water partition coefficient (Wildman–Crippen LogP) is 2.63. The highest BCUT2D eigenvalue weighted by molar-refractivity contribution is 7.14. The summed E-state index contributed by atoms with van der Waals surface area (Å²) < 4.78 is 0. The van der Waals surface area contributed by atoms with Gasteiger partial charge in [0.2, 0.25) is 0 Å². The summed E-state index contributed by atoms with van der Waals surface area (Å²) >= 11 is 1.58. The summed E-state index contributed by atoms with van der Waals surface area (Å²) in [7, 11) is 0. The monoisotopic (exact) mass is 211 g/mol. The lowest BCUT2D eigenvalue weighted by Gasteiger charge is -2.09. The lowest BCUT2D eigenvalue weighted by Crippen LogP contribution is -2.27. The SMILES string of the molecule is CCNC(C)CC(=O)c1ccc(C)s1. The molecule has 0 amide bonds. The van der Waals surface area contributed by atoms with E-state index in [4.69, 9.17) is 0 Å². The Morgan fingerprint density at radius 1 is 1.57 bits per heavy atom. The molecular formula is C11H17NOS. The van der Waals surface area contributed by atoms with Gasteiger partial charge in [0.1, 0.15) is 0 Å². The number of ketones is 1. The van der Waals surface area contributed by atoms with Crippen LogP contribution in [-0.4, -0.2) is 18.4 Å². The summed E-state index contributed by atoms with van der Waals surface area (Å²) in [6.45, 7) is 7.03. The fourth-order valence-corrected chi connectivity index (χ4v) is 2.20. The summed E-state index contributed by atoms with van der Waals surface area (Å²) in [5.74, 6) is 0.247. The van der Waals surface area contributed by atoms with Crippen LogP contribution in [0.3, 0.4) is 0 Å². The second-order valence-corrected chi connectivity index (χ2v) is 4.78. The molecule has 3 heteroatoms. The lowest BCUT2D eigenvalue weighted by atomic mass is 10.1. The molecule has 0 bridgehead atoms. The van der Waals surface area contributed by atoms with E-state index in [1.54, 1.807) is 11.3 Å². The molecule has 0 aliphatic rings. The van der Waals surface area contributed by atoms with Crippen molar-refractivity contribution in [1.82, 2.24) is 5.32 Å². The molecule has 78 valence electrons. The van der Waals surface area contributed by atoms with E-state index in [2.05, 4.69) is 12.2 Å².